The van der Waals surface area contributed by atoms with E-state index in [1.165, 1.54) is 64.2 Å². The molecule has 426 valence electrons. The Bertz CT molecular complexity index is 2700. The second-order valence-electron chi connectivity index (χ2n) is 20.8. The minimum atomic E-state index is -1.60. The van der Waals surface area contributed by atoms with E-state index in [9.17, 15) is 29.5 Å². The number of amides is 2. The Morgan fingerprint density at radius 1 is 0.861 bits per heavy atom. The van der Waals surface area contributed by atoms with Crippen molar-refractivity contribution in [3.8, 4) is 23.0 Å². The number of unbranched alkanes of at least 4 members (excludes halogenated alkanes) is 10. The Kier molecular flexibility index (Phi) is 22.7. The van der Waals surface area contributed by atoms with Crippen molar-refractivity contribution < 1.29 is 57.6 Å². The highest BCUT2D eigenvalue weighted by Crippen LogP contribution is 2.62. The number of aliphatic hydroxyl groups is 2. The number of nitrogens with one attached hydrogen (secondary N) is 1. The molecule has 0 bridgehead atoms. The summed E-state index contributed by atoms with van der Waals surface area (Å²) >= 11 is 0. The molecule has 6 unspecified atom stereocenters. The number of non-ortho nitro benzene ring substituents is 1. The van der Waals surface area contributed by atoms with Gasteiger partial charge in [-0.25, -0.2) is 9.18 Å². The minimum absolute atomic E-state index is 0.000356. The molecule has 4 aromatic carbocycles. The Morgan fingerprint density at radius 3 is 2.22 bits per heavy atom. The molecule has 0 aromatic heterocycles. The smallest absolute Gasteiger partial charge is 0.417 e. The highest BCUT2D eigenvalue weighted by Gasteiger charge is 2.65. The highest BCUT2D eigenvalue weighted by molar-refractivity contribution is 6.03. The molecule has 16 nitrogen and oxygen atoms in total. The number of fused-ring (bicyclic) bond motifs is 2. The largest absolute Gasteiger partial charge is 0.497 e. The summed E-state index contributed by atoms with van der Waals surface area (Å²) in [6.07, 6.45) is 17.0. The summed E-state index contributed by atoms with van der Waals surface area (Å²) in [7, 11) is 3.02. The predicted octanol–water partition coefficient (Wildman–Crippen LogP) is 13.1. The first kappa shape index (κ1) is 59.8. The van der Waals surface area contributed by atoms with Crippen LogP contribution in [0.1, 0.15) is 139 Å². The molecule has 0 radical (unpaired) electrons. The molecule has 1 saturated carbocycles. The molecule has 6 atom stereocenters. The Morgan fingerprint density at radius 2 is 1.54 bits per heavy atom. The number of nitro benzene ring substituents is 1. The predicted molar refractivity (Wildman–Crippen MR) is 301 cm³/mol. The Hall–Kier alpha value is -6.82. The summed E-state index contributed by atoms with van der Waals surface area (Å²) in [5.74, 6) is -1.90. The molecule has 1 aliphatic heterocycles. The number of carbonyl (C=O) groups is 2. The van der Waals surface area contributed by atoms with Gasteiger partial charge in [0.1, 0.15) is 41.5 Å². The molecule has 0 spiro atoms. The lowest BCUT2D eigenvalue weighted by atomic mass is 9.55. The third-order valence-corrected chi connectivity index (χ3v) is 15.5. The van der Waals surface area contributed by atoms with E-state index in [0.29, 0.717) is 84.7 Å². The van der Waals surface area contributed by atoms with Crippen LogP contribution < -0.4 is 24.3 Å². The number of aliphatic hydroxyl groups excluding tert-OH is 2. The first-order valence-electron chi connectivity index (χ1n) is 28.2. The van der Waals surface area contributed by atoms with Gasteiger partial charge in [0.2, 0.25) is 11.7 Å². The summed E-state index contributed by atoms with van der Waals surface area (Å²) in [5.41, 5.74) is 3.73. The molecule has 2 aliphatic carbocycles. The molecule has 7 rings (SSSR count). The molecular weight excluding hydrogens is 1010 g/mol. The Balaban J connectivity index is 1.37. The van der Waals surface area contributed by atoms with Crippen LogP contribution in [0.15, 0.2) is 114 Å². The van der Waals surface area contributed by atoms with E-state index in [1.54, 1.807) is 60.7 Å². The van der Waals surface area contributed by atoms with Gasteiger partial charge in [-0.15, -0.1) is 6.58 Å². The van der Waals surface area contributed by atoms with Crippen LogP contribution in [-0.4, -0.2) is 83.6 Å². The molecule has 3 N–H and O–H groups in total. The van der Waals surface area contributed by atoms with Crippen LogP contribution in [0.5, 0.6) is 23.0 Å². The van der Waals surface area contributed by atoms with Crippen LogP contribution in [-0.2, 0) is 27.5 Å². The maximum Gasteiger partial charge on any atom is 0.417 e. The fraction of sp³-hybridized carbons (Fsp3) is 0.500. The van der Waals surface area contributed by atoms with Crippen LogP contribution >= 0.6 is 0 Å². The number of rotatable bonds is 32. The summed E-state index contributed by atoms with van der Waals surface area (Å²) < 4.78 is 46.2. The standard InChI is InChI=1S/C62H79FN4O12/c1-5-7-8-9-10-11-12-13-14-21-58(70)66(41-43-22-26-46(63)27-23-43)57-40-54(65-77-42-44-24-28-47(29-25-44)67(72)73)51-37-45(19-15-17-34-68)50(20-16-18-35-69)59-52-38-49(31-33-55(52)79-62(57,60(51)59)76-36-6-2)78-61(71)64-53-32-30-48(74-3)39-56(53)75-4/h6,22-33,37-39,45,50,57,59-60,68-69H,2,5,7-21,34-36,40-42H2,1,3-4H3,(H,64,71). The van der Waals surface area contributed by atoms with E-state index in [2.05, 4.69) is 24.9 Å². The fourth-order valence-corrected chi connectivity index (χ4v) is 11.6. The number of hydrogen-bond donors (Lipinski definition) is 3. The number of halogens is 1. The van der Waals surface area contributed by atoms with Crippen molar-refractivity contribution >= 4 is 29.1 Å². The van der Waals surface area contributed by atoms with Crippen molar-refractivity contribution in [1.29, 1.82) is 0 Å². The van der Waals surface area contributed by atoms with E-state index < -0.39 is 40.5 Å². The lowest BCUT2D eigenvalue weighted by molar-refractivity contribution is -0.384. The van der Waals surface area contributed by atoms with Gasteiger partial charge in [0.15, 0.2) is 0 Å². The van der Waals surface area contributed by atoms with Crippen LogP contribution in [0.2, 0.25) is 0 Å². The SMILES string of the molecule is C=CCOC12Oc3ccc(OC(=O)Nc4ccc(OC)cc4OC)cc3C3C(CCCCO)C(CCCCO)C=C(C(=NOCc4ccc([N+](=O)[O-])cc4)CC1N(Cc1ccc(F)cc1)C(=O)CCCCCCCCCCC)C32. The van der Waals surface area contributed by atoms with E-state index in [0.717, 1.165) is 36.8 Å². The van der Waals surface area contributed by atoms with Crippen molar-refractivity contribution in [2.24, 2.45) is 22.9 Å². The van der Waals surface area contributed by atoms with Gasteiger partial charge >= 0.3 is 6.09 Å². The average Bonchev–Trinajstić information content (AvgIpc) is 3.23. The van der Waals surface area contributed by atoms with Crippen LogP contribution in [0.4, 0.5) is 20.6 Å². The molecule has 0 saturated heterocycles. The summed E-state index contributed by atoms with van der Waals surface area (Å²) in [4.78, 5) is 48.3. The Labute approximate surface area is 464 Å². The van der Waals surface area contributed by atoms with Crippen molar-refractivity contribution in [1.82, 2.24) is 4.90 Å². The van der Waals surface area contributed by atoms with Crippen LogP contribution in [0.25, 0.3) is 0 Å². The van der Waals surface area contributed by atoms with Crippen molar-refractivity contribution in [3.63, 3.8) is 0 Å². The zero-order valence-corrected chi connectivity index (χ0v) is 46.1. The number of benzene rings is 4. The number of allylic oxidation sites excluding steroid dienone is 1. The van der Waals surface area contributed by atoms with E-state index >= 15 is 4.79 Å². The topological polar surface area (TPSA) is 201 Å². The highest BCUT2D eigenvalue weighted by atomic mass is 19.1. The monoisotopic (exact) mass is 1090 g/mol. The quantitative estimate of drug-likeness (QED) is 0.0181. The number of nitro groups is 1. The lowest BCUT2D eigenvalue weighted by Gasteiger charge is -2.60. The van der Waals surface area contributed by atoms with Crippen molar-refractivity contribution in [2.45, 2.75) is 147 Å². The van der Waals surface area contributed by atoms with Gasteiger partial charge in [-0.3, -0.25) is 20.2 Å². The van der Waals surface area contributed by atoms with Gasteiger partial charge in [0.25, 0.3) is 5.69 Å². The van der Waals surface area contributed by atoms with E-state index in [-0.39, 0.29) is 75.0 Å². The van der Waals surface area contributed by atoms with Crippen LogP contribution in [0, 0.1) is 33.7 Å². The molecule has 4 aromatic rings. The van der Waals surface area contributed by atoms with Gasteiger partial charge in [0.05, 0.1) is 43.1 Å². The fourth-order valence-electron chi connectivity index (χ4n) is 11.6. The molecule has 1 heterocycles. The zero-order valence-electron chi connectivity index (χ0n) is 46.1. The number of ether oxygens (including phenoxy) is 5. The second kappa shape index (κ2) is 30.0. The summed E-state index contributed by atoms with van der Waals surface area (Å²) in [6, 6.07) is 21.6. The van der Waals surface area contributed by atoms with Crippen molar-refractivity contribution in [2.75, 3.05) is 39.4 Å². The lowest BCUT2D eigenvalue weighted by Crippen LogP contribution is -2.70. The molecule has 17 heteroatoms. The number of carbonyl (C=O) groups excluding carboxylic acids is 2. The molecule has 79 heavy (non-hydrogen) atoms. The number of hydrogen-bond acceptors (Lipinski definition) is 13. The van der Waals surface area contributed by atoms with Gasteiger partial charge in [-0.05, 0) is 115 Å². The van der Waals surface area contributed by atoms with Crippen LogP contribution in [0.3, 0.4) is 0 Å². The summed E-state index contributed by atoms with van der Waals surface area (Å²) in [5, 5.41) is 39.5. The maximum absolute atomic E-state index is 15.3. The second-order valence-corrected chi connectivity index (χ2v) is 20.8. The van der Waals surface area contributed by atoms with Crippen molar-refractivity contribution in [3.05, 3.63) is 142 Å². The zero-order chi connectivity index (χ0) is 56.2. The van der Waals surface area contributed by atoms with Gasteiger partial charge in [-0.2, -0.15) is 0 Å². The van der Waals surface area contributed by atoms with E-state index in [4.69, 9.17) is 33.7 Å². The van der Waals surface area contributed by atoms with Gasteiger partial charge < -0.3 is 43.6 Å². The number of anilines is 1. The normalized spacial score (nSPS) is 20.5. The van der Waals surface area contributed by atoms with Gasteiger partial charge in [-0.1, -0.05) is 101 Å². The molecule has 3 aliphatic rings. The molecular formula is C62H79FN4O12. The van der Waals surface area contributed by atoms with Gasteiger partial charge in [0, 0.05) is 62.3 Å². The maximum atomic E-state index is 15.3. The number of methoxy groups -OCH3 is 2. The summed E-state index contributed by atoms with van der Waals surface area (Å²) in [6.45, 7) is 6.40. The minimum Gasteiger partial charge on any atom is -0.497 e. The molecule has 1 fully saturated rings. The molecule has 2 amide bonds. The number of nitrogens with zero attached hydrogens (tertiary/aromatic N) is 3. The first-order valence-corrected chi connectivity index (χ1v) is 28.2. The average molecular weight is 1090 g/mol. The van der Waals surface area contributed by atoms with E-state index in [1.807, 2.05) is 11.0 Å². The third kappa shape index (κ3) is 15.5. The number of oxime groups is 1. The first-order chi connectivity index (χ1) is 38.5. The third-order valence-electron chi connectivity index (χ3n) is 15.5.